The van der Waals surface area contributed by atoms with Crippen LogP contribution in [-0.4, -0.2) is 16.9 Å². The van der Waals surface area contributed by atoms with Crippen molar-refractivity contribution >= 4 is 11.8 Å². The van der Waals surface area contributed by atoms with Gasteiger partial charge in [-0.1, -0.05) is 46.8 Å². The fourth-order valence-corrected chi connectivity index (χ4v) is 11.3. The summed E-state index contributed by atoms with van der Waals surface area (Å²) in [5.41, 5.74) is 1.03. The third-order valence-electron chi connectivity index (χ3n) is 13.2. The molecule has 5 aliphatic rings. The van der Waals surface area contributed by atoms with E-state index in [2.05, 4.69) is 48.1 Å². The van der Waals surface area contributed by atoms with Gasteiger partial charge in [0.2, 0.25) is 0 Å². The number of ketones is 1. The van der Waals surface area contributed by atoms with Gasteiger partial charge >= 0.3 is 5.97 Å². The molecule has 5 saturated carbocycles. The van der Waals surface area contributed by atoms with E-state index in [0.29, 0.717) is 29.5 Å². The van der Waals surface area contributed by atoms with Crippen LogP contribution in [-0.2, 0) is 9.59 Å². The smallest absolute Gasteiger partial charge is 0.309 e. The van der Waals surface area contributed by atoms with Gasteiger partial charge in [-0.15, -0.1) is 0 Å². The van der Waals surface area contributed by atoms with Crippen molar-refractivity contribution in [2.45, 2.75) is 106 Å². The van der Waals surface area contributed by atoms with E-state index in [1.807, 2.05) is 0 Å². The Balaban J connectivity index is 1.57. The number of carbonyl (C=O) groups excluding carboxylic acids is 1. The molecule has 9 atom stereocenters. The van der Waals surface area contributed by atoms with E-state index in [1.54, 1.807) is 0 Å². The number of carboxylic acids is 1. The highest BCUT2D eigenvalue weighted by atomic mass is 16.4. The Morgan fingerprint density at radius 1 is 0.879 bits per heavy atom. The molecule has 0 aromatic carbocycles. The van der Waals surface area contributed by atoms with E-state index in [4.69, 9.17) is 0 Å². The molecule has 184 valence electrons. The number of Topliss-reactive ketones (excluding diaryl/α,β-unsaturated/α-hetero) is 1. The minimum Gasteiger partial charge on any atom is -0.481 e. The molecule has 3 heteroatoms. The molecule has 1 unspecified atom stereocenters. The number of hydrogen-bond donors (Lipinski definition) is 1. The topological polar surface area (TPSA) is 54.4 Å². The molecule has 0 heterocycles. The van der Waals surface area contributed by atoms with E-state index in [-0.39, 0.29) is 27.6 Å². The van der Waals surface area contributed by atoms with E-state index < -0.39 is 11.4 Å². The van der Waals surface area contributed by atoms with Crippen LogP contribution in [0.15, 0.2) is 12.2 Å². The molecule has 3 nitrogen and oxygen atoms in total. The normalized spacial score (nSPS) is 52.8. The molecule has 5 fully saturated rings. The summed E-state index contributed by atoms with van der Waals surface area (Å²) < 4.78 is 0. The fourth-order valence-electron chi connectivity index (χ4n) is 11.3. The molecule has 0 aromatic rings. The molecule has 33 heavy (non-hydrogen) atoms. The minimum atomic E-state index is -0.547. The molecule has 5 rings (SSSR count). The Bertz CT molecular complexity index is 902. The van der Waals surface area contributed by atoms with Gasteiger partial charge in [0.05, 0.1) is 5.41 Å². The summed E-state index contributed by atoms with van der Waals surface area (Å²) in [7, 11) is 0. The average Bonchev–Trinajstić information content (AvgIpc) is 3.13. The van der Waals surface area contributed by atoms with E-state index in [9.17, 15) is 14.7 Å². The van der Waals surface area contributed by atoms with Crippen molar-refractivity contribution in [2.24, 2.45) is 56.7 Å². The molecular weight excluding hydrogens is 408 g/mol. The first-order valence-electron chi connectivity index (χ1n) is 13.7. The molecule has 0 bridgehead atoms. The summed E-state index contributed by atoms with van der Waals surface area (Å²) in [6, 6.07) is 0. The zero-order chi connectivity index (χ0) is 24.2. The zero-order valence-corrected chi connectivity index (χ0v) is 21.9. The van der Waals surface area contributed by atoms with Crippen LogP contribution in [0.3, 0.4) is 0 Å². The zero-order valence-electron chi connectivity index (χ0n) is 21.9. The van der Waals surface area contributed by atoms with Crippen molar-refractivity contribution in [3.05, 3.63) is 12.2 Å². The Kier molecular flexibility index (Phi) is 4.99. The number of fused-ring (bicyclic) bond motifs is 7. The second-order valence-electron chi connectivity index (χ2n) is 14.3. The molecule has 1 N–H and O–H groups in total. The van der Waals surface area contributed by atoms with Crippen molar-refractivity contribution in [3.63, 3.8) is 0 Å². The van der Waals surface area contributed by atoms with E-state index in [1.165, 1.54) is 18.4 Å². The highest BCUT2D eigenvalue weighted by Gasteiger charge is 2.72. The molecule has 0 aromatic heterocycles. The number of allylic oxidation sites excluding steroid dienone is 1. The van der Waals surface area contributed by atoms with E-state index >= 15 is 0 Å². The first kappa shape index (κ1) is 23.6. The second kappa shape index (κ2) is 6.97. The van der Waals surface area contributed by atoms with Gasteiger partial charge in [-0.2, -0.15) is 0 Å². The van der Waals surface area contributed by atoms with Gasteiger partial charge in [-0.05, 0) is 111 Å². The van der Waals surface area contributed by atoms with E-state index in [0.717, 1.165) is 51.4 Å². The number of carboxylic acid groups (broad SMARTS) is 1. The largest absolute Gasteiger partial charge is 0.481 e. The Morgan fingerprint density at radius 3 is 2.21 bits per heavy atom. The second-order valence-corrected chi connectivity index (χ2v) is 14.3. The first-order chi connectivity index (χ1) is 15.3. The summed E-state index contributed by atoms with van der Waals surface area (Å²) >= 11 is 0. The van der Waals surface area contributed by atoms with Crippen molar-refractivity contribution < 1.29 is 14.7 Å². The first-order valence-corrected chi connectivity index (χ1v) is 13.7. The van der Waals surface area contributed by atoms with Crippen molar-refractivity contribution in [3.8, 4) is 0 Å². The molecule has 0 spiro atoms. The quantitative estimate of drug-likeness (QED) is 0.445. The predicted octanol–water partition coefficient (Wildman–Crippen LogP) is 7.30. The number of carbonyl (C=O) groups is 2. The van der Waals surface area contributed by atoms with Gasteiger partial charge < -0.3 is 5.11 Å². The number of rotatable bonds is 2. The summed E-state index contributed by atoms with van der Waals surface area (Å²) in [4.78, 5) is 25.7. The van der Waals surface area contributed by atoms with Gasteiger partial charge in [0.1, 0.15) is 5.78 Å². The summed E-state index contributed by atoms with van der Waals surface area (Å²) in [6.07, 6.45) is 10.1. The predicted molar refractivity (Wildman–Crippen MR) is 132 cm³/mol. The number of hydrogen-bond acceptors (Lipinski definition) is 2. The van der Waals surface area contributed by atoms with Crippen LogP contribution in [0.4, 0.5) is 0 Å². The minimum absolute atomic E-state index is 0.164. The van der Waals surface area contributed by atoms with Crippen LogP contribution in [0.1, 0.15) is 106 Å². The van der Waals surface area contributed by atoms with Gasteiger partial charge in [-0.25, -0.2) is 0 Å². The Hall–Kier alpha value is -1.12. The highest BCUT2D eigenvalue weighted by Crippen LogP contribution is 2.77. The molecule has 0 radical (unpaired) electrons. The lowest BCUT2D eigenvalue weighted by Crippen LogP contribution is -2.66. The van der Waals surface area contributed by atoms with Crippen molar-refractivity contribution in [1.82, 2.24) is 0 Å². The summed E-state index contributed by atoms with van der Waals surface area (Å²) in [5.74, 6) is 2.07. The lowest BCUT2D eigenvalue weighted by atomic mass is 9.32. The van der Waals surface area contributed by atoms with Gasteiger partial charge in [0, 0.05) is 11.8 Å². The van der Waals surface area contributed by atoms with Crippen LogP contribution in [0.25, 0.3) is 0 Å². The summed E-state index contributed by atoms with van der Waals surface area (Å²) in [5, 5.41) is 10.5. The monoisotopic (exact) mass is 454 g/mol. The van der Waals surface area contributed by atoms with Crippen LogP contribution >= 0.6 is 0 Å². The third-order valence-corrected chi connectivity index (χ3v) is 13.2. The fraction of sp³-hybridized carbons (Fsp3) is 0.867. The number of aliphatic carboxylic acids is 1. The highest BCUT2D eigenvalue weighted by molar-refractivity contribution is 5.85. The SMILES string of the molecule is C=C(C)C1CC[C@]2(C(=O)O)CC[C@]3(C)[C@H](CC[C@H]4[C@@]5(C)CCC(=O)C(C)(C)[C@H]5CC[C@]43C)[C@H]12. The van der Waals surface area contributed by atoms with Crippen molar-refractivity contribution in [2.75, 3.05) is 0 Å². The van der Waals surface area contributed by atoms with Crippen LogP contribution in [0.2, 0.25) is 0 Å². The average molecular weight is 455 g/mol. The van der Waals surface area contributed by atoms with Crippen LogP contribution in [0.5, 0.6) is 0 Å². The van der Waals surface area contributed by atoms with Gasteiger partial charge in [0.15, 0.2) is 0 Å². The Labute approximate surface area is 201 Å². The standard InChI is InChI=1S/C30H46O3/c1-18(2)19-10-15-30(25(32)33)17-16-28(6)20(24(19)30)8-9-22-27(5)13-12-23(31)26(3,4)21(27)11-14-29(22,28)7/h19-22,24H,1,8-17H2,2-7H3,(H,32,33)/t19?,20-,21-,22+,24+,27+,28-,29-,30+/m1/s1. The molecule has 0 aliphatic heterocycles. The molecular formula is C30H46O3. The Morgan fingerprint density at radius 2 is 1.58 bits per heavy atom. The maximum absolute atomic E-state index is 12.9. The third kappa shape index (κ3) is 2.69. The molecule has 0 saturated heterocycles. The molecule has 5 aliphatic carbocycles. The maximum Gasteiger partial charge on any atom is 0.309 e. The lowest BCUT2D eigenvalue weighted by Gasteiger charge is -2.72. The van der Waals surface area contributed by atoms with Crippen LogP contribution in [0, 0.1) is 56.7 Å². The van der Waals surface area contributed by atoms with Gasteiger partial charge in [-0.3, -0.25) is 9.59 Å². The maximum atomic E-state index is 12.9. The van der Waals surface area contributed by atoms with Crippen LogP contribution < -0.4 is 0 Å². The molecule has 0 amide bonds. The lowest BCUT2D eigenvalue weighted by molar-refractivity contribution is -0.235. The van der Waals surface area contributed by atoms with Gasteiger partial charge in [0.25, 0.3) is 0 Å². The summed E-state index contributed by atoms with van der Waals surface area (Å²) in [6.45, 7) is 18.5. The van der Waals surface area contributed by atoms with Crippen molar-refractivity contribution in [1.29, 1.82) is 0 Å².